The highest BCUT2D eigenvalue weighted by atomic mass is 14.4. The minimum absolute atomic E-state index is 0.314. The van der Waals surface area contributed by atoms with Gasteiger partial charge in [0.2, 0.25) is 0 Å². The lowest BCUT2D eigenvalue weighted by Gasteiger charge is -2.30. The Morgan fingerprint density at radius 3 is 2.88 bits per heavy atom. The Morgan fingerprint density at radius 2 is 2.06 bits per heavy atom. The monoisotopic (exact) mass is 210 g/mol. The standard InChI is InChI=1S/C16H18/c1-11-4-6-14-13(8-11)10-16(3)9-12(2)5-7-15(14)16/h4-9,15H,10H2,1-3H3. The van der Waals surface area contributed by atoms with Crippen LogP contribution in [-0.4, -0.2) is 0 Å². The van der Waals surface area contributed by atoms with Crippen LogP contribution in [0.4, 0.5) is 0 Å². The lowest BCUT2D eigenvalue weighted by Crippen LogP contribution is -2.20. The van der Waals surface area contributed by atoms with Crippen LogP contribution in [0, 0.1) is 12.3 Å². The van der Waals surface area contributed by atoms with Gasteiger partial charge in [0.15, 0.2) is 0 Å². The zero-order valence-electron chi connectivity index (χ0n) is 10.2. The van der Waals surface area contributed by atoms with E-state index in [9.17, 15) is 0 Å². The quantitative estimate of drug-likeness (QED) is 0.603. The smallest absolute Gasteiger partial charge is 0.0116 e. The second-order valence-corrected chi connectivity index (χ2v) is 5.61. The molecule has 0 saturated heterocycles. The molecule has 0 heteroatoms. The zero-order chi connectivity index (χ0) is 11.3. The van der Waals surface area contributed by atoms with Crippen LogP contribution in [0.15, 0.2) is 42.0 Å². The Hall–Kier alpha value is -1.30. The highest BCUT2D eigenvalue weighted by Crippen LogP contribution is 2.51. The summed E-state index contributed by atoms with van der Waals surface area (Å²) in [7, 11) is 0. The van der Waals surface area contributed by atoms with E-state index in [2.05, 4.69) is 57.2 Å². The number of rotatable bonds is 0. The second kappa shape index (κ2) is 3.10. The van der Waals surface area contributed by atoms with Crippen LogP contribution in [-0.2, 0) is 6.42 Å². The van der Waals surface area contributed by atoms with Crippen LogP contribution in [0.3, 0.4) is 0 Å². The predicted octanol–water partition coefficient (Wildman–Crippen LogP) is 4.16. The van der Waals surface area contributed by atoms with Gasteiger partial charge in [-0.3, -0.25) is 0 Å². The van der Waals surface area contributed by atoms with E-state index in [1.54, 1.807) is 5.56 Å². The van der Waals surface area contributed by atoms with Gasteiger partial charge in [-0.05, 0) is 31.4 Å². The molecule has 0 aromatic heterocycles. The lowest BCUT2D eigenvalue weighted by atomic mass is 9.74. The first-order valence-corrected chi connectivity index (χ1v) is 6.06. The molecule has 1 aromatic carbocycles. The summed E-state index contributed by atoms with van der Waals surface area (Å²) in [6.07, 6.45) is 8.29. The Bertz CT molecular complexity index is 505. The normalized spacial score (nSPS) is 30.9. The van der Waals surface area contributed by atoms with E-state index in [0.717, 1.165) is 0 Å². The molecule has 2 aliphatic carbocycles. The van der Waals surface area contributed by atoms with E-state index in [4.69, 9.17) is 0 Å². The second-order valence-electron chi connectivity index (χ2n) is 5.61. The van der Waals surface area contributed by atoms with Crippen LogP contribution >= 0.6 is 0 Å². The van der Waals surface area contributed by atoms with Crippen molar-refractivity contribution in [2.24, 2.45) is 5.41 Å². The molecule has 3 rings (SSSR count). The van der Waals surface area contributed by atoms with Gasteiger partial charge in [0, 0.05) is 11.3 Å². The van der Waals surface area contributed by atoms with Crippen molar-refractivity contribution in [1.29, 1.82) is 0 Å². The third-order valence-electron chi connectivity index (χ3n) is 4.02. The van der Waals surface area contributed by atoms with Crippen molar-refractivity contribution in [3.63, 3.8) is 0 Å². The number of hydrogen-bond acceptors (Lipinski definition) is 0. The van der Waals surface area contributed by atoms with Crippen LogP contribution in [0.1, 0.15) is 36.5 Å². The van der Waals surface area contributed by atoms with Crippen LogP contribution in [0.25, 0.3) is 0 Å². The highest BCUT2D eigenvalue weighted by molar-refractivity contribution is 5.48. The van der Waals surface area contributed by atoms with Gasteiger partial charge in [0.1, 0.15) is 0 Å². The molecule has 0 nitrogen and oxygen atoms in total. The predicted molar refractivity (Wildman–Crippen MR) is 68.6 cm³/mol. The van der Waals surface area contributed by atoms with E-state index in [0.29, 0.717) is 11.3 Å². The van der Waals surface area contributed by atoms with Gasteiger partial charge in [-0.1, -0.05) is 54.5 Å². The third-order valence-corrected chi connectivity index (χ3v) is 4.02. The van der Waals surface area contributed by atoms with Crippen molar-refractivity contribution in [2.45, 2.75) is 33.1 Å². The maximum absolute atomic E-state index is 2.45. The lowest BCUT2D eigenvalue weighted by molar-refractivity contribution is 0.407. The van der Waals surface area contributed by atoms with Gasteiger partial charge >= 0.3 is 0 Å². The van der Waals surface area contributed by atoms with E-state index in [-0.39, 0.29) is 0 Å². The highest BCUT2D eigenvalue weighted by Gasteiger charge is 2.40. The minimum Gasteiger partial charge on any atom is -0.0759 e. The van der Waals surface area contributed by atoms with Crippen LogP contribution < -0.4 is 0 Å². The van der Waals surface area contributed by atoms with Crippen molar-refractivity contribution in [2.75, 3.05) is 0 Å². The van der Waals surface area contributed by atoms with Crippen molar-refractivity contribution < 1.29 is 0 Å². The fourth-order valence-corrected chi connectivity index (χ4v) is 3.35. The molecule has 0 fully saturated rings. The van der Waals surface area contributed by atoms with Gasteiger partial charge in [-0.15, -0.1) is 0 Å². The maximum Gasteiger partial charge on any atom is 0.0116 e. The molecule has 0 amide bonds. The first kappa shape index (κ1) is 9.89. The molecule has 2 unspecified atom stereocenters. The van der Waals surface area contributed by atoms with Crippen molar-refractivity contribution in [3.05, 3.63) is 58.7 Å². The zero-order valence-corrected chi connectivity index (χ0v) is 10.2. The summed E-state index contributed by atoms with van der Waals surface area (Å²) in [4.78, 5) is 0. The van der Waals surface area contributed by atoms with Gasteiger partial charge in [0.25, 0.3) is 0 Å². The summed E-state index contributed by atoms with van der Waals surface area (Å²) >= 11 is 0. The molecule has 16 heavy (non-hydrogen) atoms. The molecule has 0 spiro atoms. The Labute approximate surface area is 97.7 Å². The number of allylic oxidation sites excluding steroid dienone is 4. The largest absolute Gasteiger partial charge is 0.0759 e. The van der Waals surface area contributed by atoms with Gasteiger partial charge in [-0.2, -0.15) is 0 Å². The number of aryl methyl sites for hydroxylation is 1. The van der Waals surface area contributed by atoms with Crippen molar-refractivity contribution in [1.82, 2.24) is 0 Å². The Morgan fingerprint density at radius 1 is 1.25 bits per heavy atom. The summed E-state index contributed by atoms with van der Waals surface area (Å²) in [5.74, 6) is 0.590. The van der Waals surface area contributed by atoms with Crippen LogP contribution in [0.5, 0.6) is 0 Å². The summed E-state index contributed by atoms with van der Waals surface area (Å²) in [6.45, 7) is 6.77. The van der Waals surface area contributed by atoms with Crippen molar-refractivity contribution in [3.8, 4) is 0 Å². The van der Waals surface area contributed by atoms with E-state index < -0.39 is 0 Å². The molecule has 1 aromatic rings. The number of fused-ring (bicyclic) bond motifs is 3. The number of benzene rings is 1. The van der Waals surface area contributed by atoms with Crippen LogP contribution in [0.2, 0.25) is 0 Å². The Kier molecular flexibility index (Phi) is 1.92. The molecule has 0 aliphatic heterocycles. The molecular weight excluding hydrogens is 192 g/mol. The Balaban J connectivity index is 2.14. The molecular formula is C16H18. The third kappa shape index (κ3) is 1.29. The van der Waals surface area contributed by atoms with Gasteiger partial charge < -0.3 is 0 Å². The molecule has 82 valence electrons. The van der Waals surface area contributed by atoms with Crippen molar-refractivity contribution >= 4 is 0 Å². The summed E-state index contributed by atoms with van der Waals surface area (Å²) < 4.78 is 0. The fraction of sp³-hybridized carbons (Fsp3) is 0.375. The van der Waals surface area contributed by atoms with E-state index in [1.165, 1.54) is 23.1 Å². The first-order chi connectivity index (χ1) is 7.58. The topological polar surface area (TPSA) is 0 Å². The molecule has 0 saturated carbocycles. The summed E-state index contributed by atoms with van der Waals surface area (Å²) in [5.41, 5.74) is 6.18. The van der Waals surface area contributed by atoms with E-state index in [1.807, 2.05) is 0 Å². The first-order valence-electron chi connectivity index (χ1n) is 6.06. The molecule has 0 heterocycles. The SMILES string of the molecule is CC1=CC2(C)Cc3cc(C)ccc3C2C=C1. The fourth-order valence-electron chi connectivity index (χ4n) is 3.35. The average Bonchev–Trinajstić information content (AvgIpc) is 2.47. The van der Waals surface area contributed by atoms with Gasteiger partial charge in [0.05, 0.1) is 0 Å². The molecule has 0 N–H and O–H groups in total. The minimum atomic E-state index is 0.314. The molecule has 0 radical (unpaired) electrons. The van der Waals surface area contributed by atoms with E-state index >= 15 is 0 Å². The summed E-state index contributed by atoms with van der Waals surface area (Å²) in [6, 6.07) is 6.92. The molecule has 0 bridgehead atoms. The van der Waals surface area contributed by atoms with Gasteiger partial charge in [-0.25, -0.2) is 0 Å². The summed E-state index contributed by atoms with van der Waals surface area (Å²) in [5, 5.41) is 0. The number of hydrogen-bond donors (Lipinski definition) is 0. The maximum atomic E-state index is 2.45. The average molecular weight is 210 g/mol. The molecule has 2 atom stereocenters. The molecule has 2 aliphatic rings.